The van der Waals surface area contributed by atoms with E-state index in [1.165, 1.54) is 23.2 Å². The minimum atomic E-state index is -0.279. The summed E-state index contributed by atoms with van der Waals surface area (Å²) < 4.78 is 7.01. The summed E-state index contributed by atoms with van der Waals surface area (Å²) in [5.41, 5.74) is 6.01. The van der Waals surface area contributed by atoms with E-state index in [0.29, 0.717) is 5.56 Å². The lowest BCUT2D eigenvalue weighted by atomic mass is 9.90. The van der Waals surface area contributed by atoms with Gasteiger partial charge in [-0.2, -0.15) is 0 Å². The number of thiazole rings is 1. The topological polar surface area (TPSA) is 46.3 Å². The van der Waals surface area contributed by atoms with Gasteiger partial charge < -0.3 is 9.32 Å². The molecular weight excluding hydrogens is 380 g/mol. The Labute approximate surface area is 172 Å². The third kappa shape index (κ3) is 2.80. The molecule has 0 amide bonds. The number of hydrogen-bond donors (Lipinski definition) is 0. The Morgan fingerprint density at radius 1 is 1.07 bits per heavy atom. The van der Waals surface area contributed by atoms with Crippen LogP contribution in [-0.2, 0) is 12.8 Å². The number of hydrogen-bond acceptors (Lipinski definition) is 5. The van der Waals surface area contributed by atoms with Crippen molar-refractivity contribution in [2.24, 2.45) is 0 Å². The molecule has 0 aliphatic carbocycles. The van der Waals surface area contributed by atoms with Gasteiger partial charge in [-0.3, -0.25) is 0 Å². The Hall–Kier alpha value is -2.92. The maximum absolute atomic E-state index is 12.7. The number of anilines is 1. The Morgan fingerprint density at radius 3 is 2.83 bits per heavy atom. The predicted molar refractivity (Wildman–Crippen MR) is 120 cm³/mol. The molecule has 4 nitrogen and oxygen atoms in total. The quantitative estimate of drug-likeness (QED) is 0.430. The molecule has 0 unspecified atom stereocenters. The van der Waals surface area contributed by atoms with E-state index in [1.807, 2.05) is 36.4 Å². The van der Waals surface area contributed by atoms with Gasteiger partial charge in [0.2, 0.25) is 0 Å². The number of nitrogens with zero attached hydrogens (tertiary/aromatic N) is 2. The predicted octanol–water partition coefficient (Wildman–Crippen LogP) is 5.27. The molecule has 0 N–H and O–H groups in total. The van der Waals surface area contributed by atoms with Gasteiger partial charge in [0.1, 0.15) is 10.6 Å². The Bertz CT molecular complexity index is 1310. The van der Waals surface area contributed by atoms with Gasteiger partial charge in [0.15, 0.2) is 0 Å². The molecule has 0 spiro atoms. The van der Waals surface area contributed by atoms with Crippen LogP contribution in [0.1, 0.15) is 34.5 Å². The molecule has 5 heteroatoms. The van der Waals surface area contributed by atoms with Crippen molar-refractivity contribution in [1.82, 2.24) is 4.98 Å². The number of fused-ring (bicyclic) bond motifs is 3. The lowest BCUT2D eigenvalue weighted by Gasteiger charge is -2.37. The maximum atomic E-state index is 12.7. The van der Waals surface area contributed by atoms with E-state index in [2.05, 4.69) is 22.0 Å². The summed E-state index contributed by atoms with van der Waals surface area (Å²) in [6.45, 7) is 2.22. The molecule has 4 heterocycles. The van der Waals surface area contributed by atoms with Crippen LogP contribution in [0, 0.1) is 0 Å². The molecule has 0 saturated carbocycles. The molecule has 144 valence electrons. The van der Waals surface area contributed by atoms with E-state index >= 15 is 0 Å². The van der Waals surface area contributed by atoms with Crippen molar-refractivity contribution < 1.29 is 4.42 Å². The van der Waals surface area contributed by atoms with Crippen molar-refractivity contribution >= 4 is 50.4 Å². The van der Waals surface area contributed by atoms with E-state index in [9.17, 15) is 4.79 Å². The molecule has 0 radical (unpaired) electrons. The summed E-state index contributed by atoms with van der Waals surface area (Å²) in [7, 11) is 0. The first-order chi connectivity index (χ1) is 14.3. The minimum absolute atomic E-state index is 0.279. The molecule has 2 aromatic heterocycles. The molecule has 0 atom stereocenters. The van der Waals surface area contributed by atoms with Gasteiger partial charge in [0.05, 0.1) is 15.8 Å². The van der Waals surface area contributed by atoms with Crippen LogP contribution < -0.4 is 10.5 Å². The number of rotatable bonds is 2. The molecule has 0 fully saturated rings. The average molecular weight is 401 g/mol. The lowest BCUT2D eigenvalue weighted by molar-refractivity contribution is 0.548. The summed E-state index contributed by atoms with van der Waals surface area (Å²) in [5, 5.41) is 1.92. The van der Waals surface area contributed by atoms with Gasteiger partial charge in [-0.15, -0.1) is 11.3 Å². The number of aryl methyl sites for hydroxylation is 2. The Kier molecular flexibility index (Phi) is 3.84. The van der Waals surface area contributed by atoms with E-state index in [1.54, 1.807) is 11.3 Å². The minimum Gasteiger partial charge on any atom is -0.422 e. The number of benzene rings is 2. The Balaban J connectivity index is 1.45. The van der Waals surface area contributed by atoms with E-state index in [-0.39, 0.29) is 5.63 Å². The zero-order valence-electron chi connectivity index (χ0n) is 16.0. The van der Waals surface area contributed by atoms with Gasteiger partial charge in [-0.1, -0.05) is 12.1 Å². The van der Waals surface area contributed by atoms with Crippen molar-refractivity contribution in [1.29, 1.82) is 0 Å². The zero-order chi connectivity index (χ0) is 19.4. The molecule has 0 saturated heterocycles. The summed E-state index contributed by atoms with van der Waals surface area (Å²) in [5.74, 6) is 0. The standard InChI is InChI=1S/C24H20N2O2S/c27-24-16(9-10-21-25-19-7-1-2-8-20(19)29-21)14-17-13-15-5-3-11-26-12-4-6-18(22(15)26)23(17)28-24/h1-2,7-10,13-14H,3-6,11-12H2/b10-9+. The first-order valence-electron chi connectivity index (χ1n) is 10.2. The fourth-order valence-corrected chi connectivity index (χ4v) is 5.57. The third-order valence-electron chi connectivity index (χ3n) is 5.96. The molecular formula is C24H20N2O2S. The second kappa shape index (κ2) is 6.56. The van der Waals surface area contributed by atoms with Crippen molar-refractivity contribution in [3.05, 3.63) is 68.5 Å². The first kappa shape index (κ1) is 17.0. The van der Waals surface area contributed by atoms with Gasteiger partial charge in [-0.05, 0) is 67.7 Å². The molecule has 0 bridgehead atoms. The smallest absolute Gasteiger partial charge is 0.343 e. The monoisotopic (exact) mass is 400 g/mol. The van der Waals surface area contributed by atoms with E-state index in [0.717, 1.165) is 58.5 Å². The van der Waals surface area contributed by atoms with Crippen molar-refractivity contribution in [3.63, 3.8) is 0 Å². The van der Waals surface area contributed by atoms with Crippen LogP contribution >= 0.6 is 11.3 Å². The first-order valence-corrected chi connectivity index (χ1v) is 11.0. The van der Waals surface area contributed by atoms with Crippen LogP contribution in [-0.4, -0.2) is 18.1 Å². The summed E-state index contributed by atoms with van der Waals surface area (Å²) in [4.78, 5) is 19.8. The fourth-order valence-electron chi connectivity index (χ4n) is 4.70. The molecule has 6 rings (SSSR count). The molecule has 29 heavy (non-hydrogen) atoms. The van der Waals surface area contributed by atoms with E-state index < -0.39 is 0 Å². The SMILES string of the molecule is O=c1oc2c3c4c(cc2cc1/C=C/c1nc2ccccc2s1)CCCN4CCC3. The van der Waals surface area contributed by atoms with E-state index in [4.69, 9.17) is 4.42 Å². The lowest BCUT2D eigenvalue weighted by Crippen LogP contribution is -2.34. The van der Waals surface area contributed by atoms with Crippen LogP contribution in [0.3, 0.4) is 0 Å². The molecule has 4 aromatic rings. The summed E-state index contributed by atoms with van der Waals surface area (Å²) in [6, 6.07) is 12.3. The van der Waals surface area contributed by atoms with Crippen molar-refractivity contribution in [2.45, 2.75) is 25.7 Å². The average Bonchev–Trinajstić information content (AvgIpc) is 3.16. The van der Waals surface area contributed by atoms with Crippen molar-refractivity contribution in [2.75, 3.05) is 18.0 Å². The number of para-hydroxylation sites is 1. The summed E-state index contributed by atoms with van der Waals surface area (Å²) in [6.07, 6.45) is 8.14. The van der Waals surface area contributed by atoms with Crippen LogP contribution in [0.15, 0.2) is 45.6 Å². The summed E-state index contributed by atoms with van der Waals surface area (Å²) >= 11 is 1.62. The highest BCUT2D eigenvalue weighted by molar-refractivity contribution is 7.19. The maximum Gasteiger partial charge on any atom is 0.343 e. The fraction of sp³-hybridized carbons (Fsp3) is 0.250. The largest absolute Gasteiger partial charge is 0.422 e. The van der Waals surface area contributed by atoms with Gasteiger partial charge in [0, 0.05) is 29.7 Å². The normalized spacial score (nSPS) is 16.1. The highest BCUT2D eigenvalue weighted by Crippen LogP contribution is 2.39. The zero-order valence-corrected chi connectivity index (χ0v) is 16.8. The van der Waals surface area contributed by atoms with Crippen LogP contribution in [0.5, 0.6) is 0 Å². The van der Waals surface area contributed by atoms with Crippen LogP contribution in [0.25, 0.3) is 33.3 Å². The molecule has 2 aliphatic heterocycles. The van der Waals surface area contributed by atoms with Crippen molar-refractivity contribution in [3.8, 4) is 0 Å². The van der Waals surface area contributed by atoms with Gasteiger partial charge >= 0.3 is 5.63 Å². The number of aromatic nitrogens is 1. The van der Waals surface area contributed by atoms with Gasteiger partial charge in [-0.25, -0.2) is 9.78 Å². The highest BCUT2D eigenvalue weighted by Gasteiger charge is 2.26. The highest BCUT2D eigenvalue weighted by atomic mass is 32.1. The third-order valence-corrected chi connectivity index (χ3v) is 6.96. The molecule has 2 aromatic carbocycles. The second-order valence-corrected chi connectivity index (χ2v) is 8.88. The van der Waals surface area contributed by atoms with Crippen LogP contribution in [0.4, 0.5) is 5.69 Å². The molecule has 2 aliphatic rings. The van der Waals surface area contributed by atoms with Crippen LogP contribution in [0.2, 0.25) is 0 Å². The Morgan fingerprint density at radius 2 is 1.93 bits per heavy atom. The second-order valence-electron chi connectivity index (χ2n) is 7.82. The van der Waals surface area contributed by atoms with Gasteiger partial charge in [0.25, 0.3) is 0 Å².